The molecule has 112 valence electrons. The molecule has 1 aliphatic heterocycles. The van der Waals surface area contributed by atoms with Crippen molar-refractivity contribution < 1.29 is 8.42 Å². The molecule has 0 saturated carbocycles. The van der Waals surface area contributed by atoms with Gasteiger partial charge >= 0.3 is 0 Å². The Morgan fingerprint density at radius 1 is 1.43 bits per heavy atom. The van der Waals surface area contributed by atoms with E-state index in [0.717, 1.165) is 12.1 Å². The zero-order chi connectivity index (χ0) is 15.0. The van der Waals surface area contributed by atoms with Crippen LogP contribution in [0.3, 0.4) is 0 Å². The Balaban J connectivity index is 2.18. The maximum atomic E-state index is 12.0. The van der Waals surface area contributed by atoms with Crippen molar-refractivity contribution in [2.75, 3.05) is 30.5 Å². The van der Waals surface area contributed by atoms with Gasteiger partial charge in [-0.2, -0.15) is 5.10 Å². The van der Waals surface area contributed by atoms with Gasteiger partial charge in [-0.05, 0) is 18.6 Å². The Kier molecular flexibility index (Phi) is 3.32. The molecule has 1 atom stereocenters. The summed E-state index contributed by atoms with van der Waals surface area (Å²) in [7, 11) is -1.71. The van der Waals surface area contributed by atoms with Crippen LogP contribution in [0.15, 0.2) is 29.3 Å². The van der Waals surface area contributed by atoms with Crippen molar-refractivity contribution in [3.8, 4) is 0 Å². The van der Waals surface area contributed by atoms with Crippen molar-refractivity contribution in [1.29, 1.82) is 0 Å². The van der Waals surface area contributed by atoms with Crippen LogP contribution < -0.4 is 10.6 Å². The first-order valence-corrected chi connectivity index (χ1v) is 8.56. The maximum Gasteiger partial charge on any atom is 0.182 e. The number of hydrogen-bond acceptors (Lipinski definition) is 6. The molecule has 7 nitrogen and oxygen atoms in total. The molecule has 0 spiro atoms. The number of fused-ring (bicyclic) bond motifs is 1. The maximum absolute atomic E-state index is 12.0. The second kappa shape index (κ2) is 5.03. The third-order valence-electron chi connectivity index (χ3n) is 3.51. The van der Waals surface area contributed by atoms with Crippen molar-refractivity contribution in [2.45, 2.75) is 17.4 Å². The largest absolute Gasteiger partial charge is 0.371 e. The Morgan fingerprint density at radius 2 is 2.24 bits per heavy atom. The van der Waals surface area contributed by atoms with E-state index in [1.807, 2.05) is 18.2 Å². The molecule has 21 heavy (non-hydrogen) atoms. The lowest BCUT2D eigenvalue weighted by atomic mass is 10.1. The minimum atomic E-state index is -3.38. The molecule has 1 unspecified atom stereocenters. The first-order chi connectivity index (χ1) is 10.0. The Labute approximate surface area is 123 Å². The zero-order valence-electron chi connectivity index (χ0n) is 11.9. The first kappa shape index (κ1) is 13.9. The van der Waals surface area contributed by atoms with Crippen LogP contribution in [0.2, 0.25) is 0 Å². The summed E-state index contributed by atoms with van der Waals surface area (Å²) in [5.74, 6) is 0.895. The molecule has 0 aliphatic carbocycles. The Hall–Kier alpha value is -2.09. The van der Waals surface area contributed by atoms with Gasteiger partial charge in [0.05, 0.1) is 11.7 Å². The van der Waals surface area contributed by atoms with Gasteiger partial charge < -0.3 is 10.6 Å². The quantitative estimate of drug-likeness (QED) is 0.883. The fourth-order valence-corrected chi connectivity index (χ4v) is 3.63. The molecular formula is C13H17N5O2S. The van der Waals surface area contributed by atoms with Crippen LogP contribution in [-0.2, 0) is 9.84 Å². The molecule has 8 heteroatoms. The molecule has 0 fully saturated rings. The molecule has 0 saturated heterocycles. The number of aromatic nitrogens is 3. The van der Waals surface area contributed by atoms with E-state index in [-0.39, 0.29) is 10.9 Å². The Bertz CT molecular complexity index is 754. The fraction of sp³-hybridized carbons (Fsp3) is 0.385. The van der Waals surface area contributed by atoms with Crippen molar-refractivity contribution in [2.24, 2.45) is 0 Å². The smallest absolute Gasteiger partial charge is 0.182 e. The minimum Gasteiger partial charge on any atom is -0.371 e. The van der Waals surface area contributed by atoms with E-state index >= 15 is 0 Å². The van der Waals surface area contributed by atoms with Crippen LogP contribution in [-0.4, -0.2) is 43.0 Å². The molecule has 0 radical (unpaired) electrons. The monoisotopic (exact) mass is 307 g/mol. The van der Waals surface area contributed by atoms with E-state index in [2.05, 4.69) is 20.7 Å². The number of rotatable bonds is 3. The van der Waals surface area contributed by atoms with Gasteiger partial charge in [-0.15, -0.1) is 0 Å². The number of anilines is 2. The molecule has 2 aromatic heterocycles. The van der Waals surface area contributed by atoms with E-state index in [9.17, 15) is 8.42 Å². The van der Waals surface area contributed by atoms with E-state index in [1.165, 1.54) is 6.26 Å². The summed E-state index contributed by atoms with van der Waals surface area (Å²) in [5, 5.41) is 10.4. The average Bonchev–Trinajstić information content (AvgIpc) is 2.86. The molecule has 2 aromatic rings. The predicted molar refractivity (Wildman–Crippen MR) is 80.4 cm³/mol. The SMILES string of the molecule is CNc1nn2c(c1S(C)(=O)=O)NCCC2c1ccccn1. The topological polar surface area (TPSA) is 88.9 Å². The van der Waals surface area contributed by atoms with Crippen LogP contribution in [0, 0.1) is 0 Å². The van der Waals surface area contributed by atoms with Gasteiger partial charge in [0.2, 0.25) is 0 Å². The number of sulfone groups is 1. The highest BCUT2D eigenvalue weighted by molar-refractivity contribution is 7.91. The van der Waals surface area contributed by atoms with Gasteiger partial charge in [-0.25, -0.2) is 13.1 Å². The average molecular weight is 307 g/mol. The number of nitrogens with zero attached hydrogens (tertiary/aromatic N) is 3. The van der Waals surface area contributed by atoms with E-state index < -0.39 is 9.84 Å². The number of nitrogens with one attached hydrogen (secondary N) is 2. The number of pyridine rings is 1. The van der Waals surface area contributed by atoms with E-state index in [4.69, 9.17) is 0 Å². The van der Waals surface area contributed by atoms with Crippen LogP contribution in [0.5, 0.6) is 0 Å². The zero-order valence-corrected chi connectivity index (χ0v) is 12.7. The molecule has 3 rings (SSSR count). The summed E-state index contributed by atoms with van der Waals surface area (Å²) < 4.78 is 25.8. The van der Waals surface area contributed by atoms with Crippen LogP contribution in [0.25, 0.3) is 0 Å². The van der Waals surface area contributed by atoms with Crippen LogP contribution in [0.4, 0.5) is 11.6 Å². The summed E-state index contributed by atoms with van der Waals surface area (Å²) in [4.78, 5) is 4.58. The molecule has 3 heterocycles. The van der Waals surface area contributed by atoms with Gasteiger partial charge in [0.25, 0.3) is 0 Å². The van der Waals surface area contributed by atoms with E-state index in [0.29, 0.717) is 18.2 Å². The van der Waals surface area contributed by atoms with Crippen LogP contribution >= 0.6 is 0 Å². The molecule has 1 aliphatic rings. The van der Waals surface area contributed by atoms with Gasteiger partial charge in [0.15, 0.2) is 20.6 Å². The molecule has 2 N–H and O–H groups in total. The third-order valence-corrected chi connectivity index (χ3v) is 4.64. The highest BCUT2D eigenvalue weighted by atomic mass is 32.2. The van der Waals surface area contributed by atoms with Crippen LogP contribution in [0.1, 0.15) is 18.2 Å². The molecule has 0 aromatic carbocycles. The summed E-state index contributed by atoms with van der Waals surface area (Å²) in [6, 6.07) is 5.64. The van der Waals surface area contributed by atoms with Crippen molar-refractivity contribution in [1.82, 2.24) is 14.8 Å². The highest BCUT2D eigenvalue weighted by Gasteiger charge is 2.32. The second-order valence-electron chi connectivity index (χ2n) is 4.98. The van der Waals surface area contributed by atoms with E-state index in [1.54, 1.807) is 17.9 Å². The molecule has 0 bridgehead atoms. The van der Waals surface area contributed by atoms with Crippen molar-refractivity contribution in [3.05, 3.63) is 30.1 Å². The van der Waals surface area contributed by atoms with Gasteiger partial charge in [0, 0.05) is 26.0 Å². The van der Waals surface area contributed by atoms with Gasteiger partial charge in [0.1, 0.15) is 5.82 Å². The fourth-order valence-electron chi connectivity index (χ4n) is 2.62. The summed E-state index contributed by atoms with van der Waals surface area (Å²) >= 11 is 0. The summed E-state index contributed by atoms with van der Waals surface area (Å²) in [6.07, 6.45) is 3.73. The molecule has 0 amide bonds. The van der Waals surface area contributed by atoms with Crippen molar-refractivity contribution >= 4 is 21.5 Å². The lowest BCUT2D eigenvalue weighted by molar-refractivity contribution is 0.471. The first-order valence-electron chi connectivity index (χ1n) is 6.67. The predicted octanol–water partition coefficient (Wildman–Crippen LogP) is 1.13. The molecular weight excluding hydrogens is 290 g/mol. The Morgan fingerprint density at radius 3 is 2.86 bits per heavy atom. The lowest BCUT2D eigenvalue weighted by Gasteiger charge is -2.25. The highest BCUT2D eigenvalue weighted by Crippen LogP contribution is 2.36. The van der Waals surface area contributed by atoms with Gasteiger partial charge in [-0.3, -0.25) is 4.98 Å². The summed E-state index contributed by atoms with van der Waals surface area (Å²) in [5.41, 5.74) is 0.880. The normalized spacial score (nSPS) is 17.9. The standard InChI is InChI=1S/C13H17N5O2S/c1-14-12-11(21(2,19)20)13-16-8-6-10(18(13)17-12)9-5-3-4-7-15-9/h3-5,7,10,16H,6,8H2,1-2H3,(H,14,17). The lowest BCUT2D eigenvalue weighted by Crippen LogP contribution is -2.25. The third kappa shape index (κ3) is 2.35. The number of hydrogen-bond donors (Lipinski definition) is 2. The second-order valence-corrected chi connectivity index (χ2v) is 6.93. The minimum absolute atomic E-state index is 0.0648. The van der Waals surface area contributed by atoms with Gasteiger partial charge in [-0.1, -0.05) is 6.07 Å². The van der Waals surface area contributed by atoms with Crippen molar-refractivity contribution in [3.63, 3.8) is 0 Å². The summed E-state index contributed by atoms with van der Waals surface area (Å²) in [6.45, 7) is 0.679.